The van der Waals surface area contributed by atoms with Crippen LogP contribution in [0.1, 0.15) is 28.8 Å². The van der Waals surface area contributed by atoms with E-state index in [-0.39, 0.29) is 5.91 Å². The van der Waals surface area contributed by atoms with Gasteiger partial charge in [0.1, 0.15) is 0 Å². The first-order valence-corrected chi connectivity index (χ1v) is 8.50. The van der Waals surface area contributed by atoms with Gasteiger partial charge in [-0.2, -0.15) is 0 Å². The van der Waals surface area contributed by atoms with Crippen LogP contribution in [0.15, 0.2) is 29.3 Å². The van der Waals surface area contributed by atoms with Gasteiger partial charge in [0, 0.05) is 51.3 Å². The van der Waals surface area contributed by atoms with Crippen LogP contribution >= 0.6 is 0 Å². The molecule has 24 heavy (non-hydrogen) atoms. The maximum atomic E-state index is 11.7. The fourth-order valence-corrected chi connectivity index (χ4v) is 3.57. The van der Waals surface area contributed by atoms with E-state index in [0.717, 1.165) is 44.2 Å². The highest BCUT2D eigenvalue weighted by Gasteiger charge is 2.42. The van der Waals surface area contributed by atoms with Crippen molar-refractivity contribution in [2.45, 2.75) is 19.4 Å². The number of aliphatic imine (C=N–C) groups is 1. The minimum absolute atomic E-state index is 0.0658. The summed E-state index contributed by atoms with van der Waals surface area (Å²) in [5.74, 6) is 0.855. The third-order valence-corrected chi connectivity index (χ3v) is 5.00. The molecule has 3 rings (SSSR count). The number of ether oxygens (including phenoxy) is 1. The van der Waals surface area contributed by atoms with Crippen molar-refractivity contribution in [1.29, 1.82) is 0 Å². The van der Waals surface area contributed by atoms with Gasteiger partial charge >= 0.3 is 0 Å². The molecule has 0 aliphatic carbocycles. The standard InChI is InChI=1S/C18H26N4O2/c1-19-16(23)15-5-3-4-14(10-15)11-21-17(20-2)22-8-6-18(12-22)7-9-24-13-18/h3-5,10H,6-9,11-13H2,1-2H3,(H,19,23)(H,20,21). The molecule has 1 spiro atoms. The van der Waals surface area contributed by atoms with E-state index in [1.807, 2.05) is 31.3 Å². The minimum atomic E-state index is -0.0658. The van der Waals surface area contributed by atoms with E-state index < -0.39 is 0 Å². The van der Waals surface area contributed by atoms with Gasteiger partial charge in [0.15, 0.2) is 5.96 Å². The molecule has 1 unspecified atom stereocenters. The number of benzene rings is 1. The maximum absolute atomic E-state index is 11.7. The van der Waals surface area contributed by atoms with Crippen molar-refractivity contribution >= 4 is 11.9 Å². The van der Waals surface area contributed by atoms with Crippen molar-refractivity contribution in [2.75, 3.05) is 40.4 Å². The molecule has 6 nitrogen and oxygen atoms in total. The molecule has 2 aliphatic heterocycles. The van der Waals surface area contributed by atoms with Crippen molar-refractivity contribution in [3.05, 3.63) is 35.4 Å². The molecular formula is C18H26N4O2. The summed E-state index contributed by atoms with van der Waals surface area (Å²) in [6.07, 6.45) is 2.31. The van der Waals surface area contributed by atoms with Crippen LogP contribution in [0.2, 0.25) is 0 Å². The van der Waals surface area contributed by atoms with Crippen LogP contribution in [0.25, 0.3) is 0 Å². The van der Waals surface area contributed by atoms with Crippen LogP contribution in [0, 0.1) is 5.41 Å². The quantitative estimate of drug-likeness (QED) is 0.646. The number of carbonyl (C=O) groups excluding carboxylic acids is 1. The molecule has 2 aliphatic rings. The highest BCUT2D eigenvalue weighted by atomic mass is 16.5. The molecule has 6 heteroatoms. The summed E-state index contributed by atoms with van der Waals surface area (Å²) in [5, 5.41) is 6.08. The zero-order chi connectivity index (χ0) is 17.0. The molecule has 2 fully saturated rings. The summed E-state index contributed by atoms with van der Waals surface area (Å²) in [6.45, 7) is 4.42. The van der Waals surface area contributed by atoms with Crippen molar-refractivity contribution in [2.24, 2.45) is 10.4 Å². The lowest BCUT2D eigenvalue weighted by atomic mass is 9.87. The number of likely N-dealkylation sites (tertiary alicyclic amines) is 1. The Morgan fingerprint density at radius 3 is 3.00 bits per heavy atom. The van der Waals surface area contributed by atoms with Gasteiger partial charge in [-0.15, -0.1) is 0 Å². The molecule has 1 aromatic carbocycles. The Morgan fingerprint density at radius 1 is 1.42 bits per heavy atom. The summed E-state index contributed by atoms with van der Waals surface area (Å²) in [7, 11) is 3.46. The smallest absolute Gasteiger partial charge is 0.251 e. The van der Waals surface area contributed by atoms with Crippen LogP contribution < -0.4 is 10.6 Å². The van der Waals surface area contributed by atoms with Gasteiger partial charge in [-0.1, -0.05) is 12.1 Å². The third-order valence-electron chi connectivity index (χ3n) is 5.00. The number of hydrogen-bond acceptors (Lipinski definition) is 3. The first-order valence-electron chi connectivity index (χ1n) is 8.50. The molecule has 2 heterocycles. The minimum Gasteiger partial charge on any atom is -0.381 e. The van der Waals surface area contributed by atoms with Crippen LogP contribution in [-0.2, 0) is 11.3 Å². The summed E-state index contributed by atoms with van der Waals surface area (Å²) in [5.41, 5.74) is 2.06. The summed E-state index contributed by atoms with van der Waals surface area (Å²) in [4.78, 5) is 18.5. The van der Waals surface area contributed by atoms with E-state index in [2.05, 4.69) is 20.5 Å². The Hall–Kier alpha value is -2.08. The topological polar surface area (TPSA) is 66.0 Å². The Balaban J connectivity index is 1.60. The van der Waals surface area contributed by atoms with E-state index in [1.54, 1.807) is 7.05 Å². The lowest BCUT2D eigenvalue weighted by molar-refractivity contribution is 0.0963. The second-order valence-corrected chi connectivity index (χ2v) is 6.65. The lowest BCUT2D eigenvalue weighted by Crippen LogP contribution is -2.41. The molecule has 2 N–H and O–H groups in total. The first-order chi connectivity index (χ1) is 11.7. The highest BCUT2D eigenvalue weighted by Crippen LogP contribution is 2.38. The number of hydrogen-bond donors (Lipinski definition) is 2. The Morgan fingerprint density at radius 2 is 2.29 bits per heavy atom. The summed E-state index contributed by atoms with van der Waals surface area (Å²) >= 11 is 0. The average Bonchev–Trinajstić information content (AvgIpc) is 3.25. The number of carbonyl (C=O) groups is 1. The van der Waals surface area contributed by atoms with Gasteiger partial charge in [0.2, 0.25) is 0 Å². The van der Waals surface area contributed by atoms with E-state index in [0.29, 0.717) is 17.5 Å². The predicted octanol–water partition coefficient (Wildman–Crippen LogP) is 1.23. The van der Waals surface area contributed by atoms with Gasteiger partial charge in [0.25, 0.3) is 5.91 Å². The number of amides is 1. The summed E-state index contributed by atoms with van der Waals surface area (Å²) < 4.78 is 5.59. The van der Waals surface area contributed by atoms with Gasteiger partial charge in [-0.25, -0.2) is 0 Å². The number of guanidine groups is 1. The summed E-state index contributed by atoms with van der Waals surface area (Å²) in [6, 6.07) is 7.66. The predicted molar refractivity (Wildman–Crippen MR) is 94.1 cm³/mol. The molecule has 1 atom stereocenters. The van der Waals surface area contributed by atoms with Gasteiger partial charge in [-0.05, 0) is 30.5 Å². The molecule has 130 valence electrons. The maximum Gasteiger partial charge on any atom is 0.251 e. The van der Waals surface area contributed by atoms with Crippen molar-refractivity contribution in [3.63, 3.8) is 0 Å². The lowest BCUT2D eigenvalue weighted by Gasteiger charge is -2.25. The number of nitrogens with zero attached hydrogens (tertiary/aromatic N) is 2. The normalized spacial score (nSPS) is 23.8. The highest BCUT2D eigenvalue weighted by molar-refractivity contribution is 5.94. The first kappa shape index (κ1) is 16.8. The Kier molecular flexibility index (Phi) is 5.04. The molecule has 0 bridgehead atoms. The van der Waals surface area contributed by atoms with Crippen LogP contribution in [0.5, 0.6) is 0 Å². The van der Waals surface area contributed by atoms with Crippen LogP contribution in [0.4, 0.5) is 0 Å². The van der Waals surface area contributed by atoms with Crippen LogP contribution in [0.3, 0.4) is 0 Å². The van der Waals surface area contributed by atoms with Crippen molar-refractivity contribution in [1.82, 2.24) is 15.5 Å². The molecule has 1 aromatic rings. The second-order valence-electron chi connectivity index (χ2n) is 6.65. The molecule has 0 aromatic heterocycles. The number of nitrogens with one attached hydrogen (secondary N) is 2. The van der Waals surface area contributed by atoms with E-state index in [4.69, 9.17) is 4.74 Å². The fraction of sp³-hybridized carbons (Fsp3) is 0.556. The largest absolute Gasteiger partial charge is 0.381 e. The zero-order valence-electron chi connectivity index (χ0n) is 14.5. The second kappa shape index (κ2) is 7.21. The van der Waals surface area contributed by atoms with Crippen molar-refractivity contribution in [3.8, 4) is 0 Å². The van der Waals surface area contributed by atoms with E-state index >= 15 is 0 Å². The van der Waals surface area contributed by atoms with E-state index in [1.165, 1.54) is 6.42 Å². The molecule has 1 amide bonds. The fourth-order valence-electron chi connectivity index (χ4n) is 3.57. The van der Waals surface area contributed by atoms with Gasteiger partial charge in [-0.3, -0.25) is 9.79 Å². The molecular weight excluding hydrogens is 304 g/mol. The molecule has 2 saturated heterocycles. The number of rotatable bonds is 3. The molecule has 0 radical (unpaired) electrons. The van der Waals surface area contributed by atoms with Crippen molar-refractivity contribution < 1.29 is 9.53 Å². The Bertz CT molecular complexity index is 623. The Labute approximate surface area is 143 Å². The van der Waals surface area contributed by atoms with Crippen LogP contribution in [-0.4, -0.2) is 57.2 Å². The van der Waals surface area contributed by atoms with E-state index in [9.17, 15) is 4.79 Å². The monoisotopic (exact) mass is 330 g/mol. The molecule has 0 saturated carbocycles. The third kappa shape index (κ3) is 3.53. The van der Waals surface area contributed by atoms with Gasteiger partial charge in [0.05, 0.1) is 6.61 Å². The zero-order valence-corrected chi connectivity index (χ0v) is 14.5. The average molecular weight is 330 g/mol. The SMILES string of the molecule is CN=C(NCc1cccc(C(=O)NC)c1)N1CCC2(CCOC2)C1. The van der Waals surface area contributed by atoms with Gasteiger partial charge < -0.3 is 20.3 Å².